The number of amides is 1. The van der Waals surface area contributed by atoms with E-state index in [1.165, 1.54) is 12.1 Å². The van der Waals surface area contributed by atoms with Crippen LogP contribution < -0.4 is 10.6 Å². The fourth-order valence-electron chi connectivity index (χ4n) is 2.36. The number of aromatic nitrogens is 2. The molecule has 0 aliphatic rings. The SMILES string of the molecule is CNC(=O)[C@H](CC(C)C)NCc1cnn(-c2ccc(F)cc2)c1. The van der Waals surface area contributed by atoms with Crippen LogP contribution in [0.4, 0.5) is 4.39 Å². The van der Waals surface area contributed by atoms with Crippen molar-refractivity contribution >= 4 is 5.91 Å². The average Bonchev–Trinajstić information content (AvgIpc) is 3.00. The number of benzene rings is 1. The number of hydrogen-bond acceptors (Lipinski definition) is 3. The second-order valence-electron chi connectivity index (χ2n) is 5.95. The smallest absolute Gasteiger partial charge is 0.236 e. The second-order valence-corrected chi connectivity index (χ2v) is 5.95. The quantitative estimate of drug-likeness (QED) is 0.823. The van der Waals surface area contributed by atoms with Gasteiger partial charge >= 0.3 is 0 Å². The number of carbonyl (C=O) groups is 1. The first-order valence-corrected chi connectivity index (χ1v) is 7.74. The van der Waals surface area contributed by atoms with E-state index in [1.807, 2.05) is 6.20 Å². The molecule has 1 atom stereocenters. The van der Waals surface area contributed by atoms with Crippen LogP contribution in [0.3, 0.4) is 0 Å². The Morgan fingerprint density at radius 3 is 2.61 bits per heavy atom. The maximum absolute atomic E-state index is 13.0. The van der Waals surface area contributed by atoms with Gasteiger partial charge in [-0.15, -0.1) is 0 Å². The zero-order valence-corrected chi connectivity index (χ0v) is 13.7. The molecule has 0 bridgehead atoms. The number of nitrogens with zero attached hydrogens (tertiary/aromatic N) is 2. The molecule has 0 fully saturated rings. The fraction of sp³-hybridized carbons (Fsp3) is 0.412. The van der Waals surface area contributed by atoms with Crippen LogP contribution in [0.1, 0.15) is 25.8 Å². The van der Waals surface area contributed by atoms with Crippen LogP contribution in [0, 0.1) is 11.7 Å². The van der Waals surface area contributed by atoms with Gasteiger partial charge in [0.25, 0.3) is 0 Å². The first-order valence-electron chi connectivity index (χ1n) is 7.74. The number of halogens is 1. The first-order chi connectivity index (χ1) is 11.0. The predicted octanol–water partition coefficient (Wildman–Crippen LogP) is 2.26. The Hall–Kier alpha value is -2.21. The van der Waals surface area contributed by atoms with Crippen molar-refractivity contribution in [2.45, 2.75) is 32.9 Å². The molecule has 2 N–H and O–H groups in total. The van der Waals surface area contributed by atoms with Gasteiger partial charge in [-0.2, -0.15) is 5.10 Å². The third-order valence-corrected chi connectivity index (χ3v) is 3.55. The highest BCUT2D eigenvalue weighted by atomic mass is 19.1. The summed E-state index contributed by atoms with van der Waals surface area (Å²) in [5.41, 5.74) is 1.76. The Morgan fingerprint density at radius 1 is 1.30 bits per heavy atom. The van der Waals surface area contributed by atoms with Crippen molar-refractivity contribution in [3.63, 3.8) is 0 Å². The summed E-state index contributed by atoms with van der Waals surface area (Å²) in [6, 6.07) is 5.92. The van der Waals surface area contributed by atoms with Gasteiger partial charge in [-0.05, 0) is 36.6 Å². The molecule has 0 spiro atoms. The van der Waals surface area contributed by atoms with Gasteiger partial charge in [0.1, 0.15) is 5.82 Å². The van der Waals surface area contributed by atoms with Crippen LogP contribution >= 0.6 is 0 Å². The van der Waals surface area contributed by atoms with Gasteiger partial charge in [0.2, 0.25) is 5.91 Å². The van der Waals surface area contributed by atoms with E-state index in [9.17, 15) is 9.18 Å². The summed E-state index contributed by atoms with van der Waals surface area (Å²) in [5.74, 6) is 0.140. The van der Waals surface area contributed by atoms with E-state index >= 15 is 0 Å². The molecule has 0 radical (unpaired) electrons. The van der Waals surface area contributed by atoms with Crippen LogP contribution in [0.25, 0.3) is 5.69 Å². The molecular formula is C17H23FN4O. The molecule has 6 heteroatoms. The summed E-state index contributed by atoms with van der Waals surface area (Å²) in [6.45, 7) is 4.72. The lowest BCUT2D eigenvalue weighted by molar-refractivity contribution is -0.123. The predicted molar refractivity (Wildman–Crippen MR) is 87.7 cm³/mol. The number of hydrogen-bond donors (Lipinski definition) is 2. The molecule has 2 rings (SSSR count). The monoisotopic (exact) mass is 318 g/mol. The van der Waals surface area contributed by atoms with Crippen molar-refractivity contribution in [3.05, 3.63) is 48.0 Å². The van der Waals surface area contributed by atoms with Crippen molar-refractivity contribution in [3.8, 4) is 5.69 Å². The number of rotatable bonds is 7. The molecule has 23 heavy (non-hydrogen) atoms. The Morgan fingerprint density at radius 2 is 2.00 bits per heavy atom. The average molecular weight is 318 g/mol. The van der Waals surface area contributed by atoms with E-state index in [2.05, 4.69) is 29.6 Å². The molecular weight excluding hydrogens is 295 g/mol. The van der Waals surface area contributed by atoms with Gasteiger partial charge < -0.3 is 10.6 Å². The van der Waals surface area contributed by atoms with Crippen molar-refractivity contribution in [2.24, 2.45) is 5.92 Å². The van der Waals surface area contributed by atoms with Gasteiger partial charge in [0.15, 0.2) is 0 Å². The maximum atomic E-state index is 13.0. The van der Waals surface area contributed by atoms with Crippen molar-refractivity contribution in [1.82, 2.24) is 20.4 Å². The Kier molecular flexibility index (Phi) is 5.87. The largest absolute Gasteiger partial charge is 0.358 e. The van der Waals surface area contributed by atoms with Crippen molar-refractivity contribution in [2.75, 3.05) is 7.05 Å². The second kappa shape index (κ2) is 7.87. The van der Waals surface area contributed by atoms with Gasteiger partial charge in [0.05, 0.1) is 17.9 Å². The van der Waals surface area contributed by atoms with Crippen LogP contribution in [0.15, 0.2) is 36.7 Å². The minimum absolute atomic E-state index is 0.00961. The van der Waals surface area contributed by atoms with Crippen LogP contribution in [-0.2, 0) is 11.3 Å². The molecule has 0 aliphatic heterocycles. The van der Waals surface area contributed by atoms with Gasteiger partial charge in [-0.1, -0.05) is 13.8 Å². The van der Waals surface area contributed by atoms with Crippen molar-refractivity contribution < 1.29 is 9.18 Å². The van der Waals surface area contributed by atoms with E-state index in [0.29, 0.717) is 12.5 Å². The summed E-state index contributed by atoms with van der Waals surface area (Å²) in [5, 5.41) is 10.2. The maximum Gasteiger partial charge on any atom is 0.236 e. The summed E-state index contributed by atoms with van der Waals surface area (Å²) >= 11 is 0. The summed E-state index contributed by atoms with van der Waals surface area (Å²) in [7, 11) is 1.64. The Balaban J connectivity index is 2.00. The molecule has 0 aliphatic carbocycles. The zero-order valence-electron chi connectivity index (χ0n) is 13.7. The van der Waals surface area contributed by atoms with Gasteiger partial charge in [-0.3, -0.25) is 4.79 Å². The molecule has 0 unspecified atom stereocenters. The molecule has 0 saturated heterocycles. The van der Waals surface area contributed by atoms with Crippen LogP contribution in [0.5, 0.6) is 0 Å². The summed E-state index contributed by atoms with van der Waals surface area (Å²) < 4.78 is 14.6. The summed E-state index contributed by atoms with van der Waals surface area (Å²) in [6.07, 6.45) is 4.38. The zero-order chi connectivity index (χ0) is 16.8. The molecule has 1 amide bonds. The lowest BCUT2D eigenvalue weighted by Gasteiger charge is -2.18. The number of nitrogens with one attached hydrogen (secondary N) is 2. The molecule has 2 aromatic rings. The third kappa shape index (κ3) is 4.89. The number of carbonyl (C=O) groups excluding carboxylic acids is 1. The molecule has 1 aromatic heterocycles. The fourth-order valence-corrected chi connectivity index (χ4v) is 2.36. The molecule has 5 nitrogen and oxygen atoms in total. The highest BCUT2D eigenvalue weighted by molar-refractivity contribution is 5.81. The Labute approximate surface area is 135 Å². The molecule has 1 aromatic carbocycles. The highest BCUT2D eigenvalue weighted by Gasteiger charge is 2.18. The van der Waals surface area contributed by atoms with E-state index in [-0.39, 0.29) is 17.8 Å². The van der Waals surface area contributed by atoms with Crippen LogP contribution in [-0.4, -0.2) is 28.8 Å². The van der Waals surface area contributed by atoms with Crippen LogP contribution in [0.2, 0.25) is 0 Å². The van der Waals surface area contributed by atoms with E-state index in [0.717, 1.165) is 17.7 Å². The summed E-state index contributed by atoms with van der Waals surface area (Å²) in [4.78, 5) is 11.9. The van der Waals surface area contributed by atoms with Gasteiger partial charge in [-0.25, -0.2) is 9.07 Å². The van der Waals surface area contributed by atoms with Gasteiger partial charge in [0, 0.05) is 25.4 Å². The minimum atomic E-state index is -0.273. The van der Waals surface area contributed by atoms with Crippen molar-refractivity contribution in [1.29, 1.82) is 0 Å². The number of likely N-dealkylation sites (N-methyl/N-ethyl adjacent to an activating group) is 1. The highest BCUT2D eigenvalue weighted by Crippen LogP contribution is 2.10. The normalized spacial score (nSPS) is 12.4. The molecule has 124 valence electrons. The van der Waals surface area contributed by atoms with E-state index in [1.54, 1.807) is 30.1 Å². The first kappa shape index (κ1) is 17.1. The standard InChI is InChI=1S/C17H23FN4O/c1-12(2)8-16(17(23)19-3)20-9-13-10-21-22(11-13)15-6-4-14(18)5-7-15/h4-7,10-12,16,20H,8-9H2,1-3H3,(H,19,23)/t16-/m0/s1. The minimum Gasteiger partial charge on any atom is -0.358 e. The topological polar surface area (TPSA) is 59.0 Å². The molecule has 0 saturated carbocycles. The lowest BCUT2D eigenvalue weighted by Crippen LogP contribution is -2.43. The molecule has 1 heterocycles. The third-order valence-electron chi connectivity index (χ3n) is 3.55. The van der Waals surface area contributed by atoms with E-state index in [4.69, 9.17) is 0 Å². The lowest BCUT2D eigenvalue weighted by atomic mass is 10.0. The Bertz CT molecular complexity index is 636. The van der Waals surface area contributed by atoms with E-state index < -0.39 is 0 Å².